The Labute approximate surface area is 292 Å². The molecule has 0 fully saturated rings. The van der Waals surface area contributed by atoms with E-state index in [1.165, 1.54) is 22.3 Å². The van der Waals surface area contributed by atoms with Gasteiger partial charge < -0.3 is 20.4 Å². The van der Waals surface area contributed by atoms with Gasteiger partial charge in [-0.1, -0.05) is 121 Å². The Morgan fingerprint density at radius 3 is 0.556 bits per heavy atom. The zero-order chi connectivity index (χ0) is 33.3. The third-order valence-electron chi connectivity index (χ3n) is 5.92. The zero-order valence-corrected chi connectivity index (χ0v) is 32.3. The normalized spacial score (nSPS) is 11.3. The van der Waals surface area contributed by atoms with E-state index in [2.05, 4.69) is 0 Å². The molecule has 0 atom stereocenters. The van der Waals surface area contributed by atoms with Crippen LogP contribution in [0.2, 0.25) is 0 Å². The number of hydrogen-bond donors (Lipinski definition) is 4. The molecule has 4 rings (SSSR count). The summed E-state index contributed by atoms with van der Waals surface area (Å²) in [6, 6.07) is 40.0. The van der Waals surface area contributed by atoms with Gasteiger partial charge in [-0.05, 0) is 77.6 Å². The van der Waals surface area contributed by atoms with Crippen molar-refractivity contribution < 1.29 is 46.3 Å². The van der Waals surface area contributed by atoms with Crippen molar-refractivity contribution in [3.8, 4) is 0 Å². The Kier molecular flexibility index (Phi) is 19.6. The van der Waals surface area contributed by atoms with Crippen molar-refractivity contribution in [3.05, 3.63) is 144 Å². The first kappa shape index (κ1) is 42.6. The van der Waals surface area contributed by atoms with Crippen molar-refractivity contribution in [1.29, 1.82) is 0 Å². The van der Waals surface area contributed by atoms with Gasteiger partial charge in [-0.25, -0.2) is 0 Å². The van der Waals surface area contributed by atoms with Crippen LogP contribution in [-0.4, -0.2) is 42.8 Å². The summed E-state index contributed by atoms with van der Waals surface area (Å²) in [5, 5.41) is 37.9. The quantitative estimate of drug-likeness (QED) is 0.137. The minimum Gasteiger partial charge on any atom is -0.390 e. The average Bonchev–Trinajstić information content (AvgIpc) is 2.88. The third-order valence-corrected chi connectivity index (χ3v) is 5.92. The van der Waals surface area contributed by atoms with E-state index < -0.39 is 22.4 Å². The summed E-state index contributed by atoms with van der Waals surface area (Å²) in [6.45, 7) is 14.6. The maximum atomic E-state index is 9.47. The second-order valence-electron chi connectivity index (χ2n) is 13.9. The Morgan fingerprint density at radius 2 is 0.444 bits per heavy atom. The molecule has 4 aromatic carbocycles. The molecule has 0 aliphatic carbocycles. The molecule has 4 aromatic rings. The van der Waals surface area contributed by atoms with Crippen molar-refractivity contribution in [3.63, 3.8) is 0 Å². The topological polar surface area (TPSA) is 80.9 Å². The van der Waals surface area contributed by atoms with Gasteiger partial charge in [0.15, 0.2) is 0 Å². The van der Waals surface area contributed by atoms with Gasteiger partial charge >= 0.3 is 0 Å². The van der Waals surface area contributed by atoms with E-state index in [0.29, 0.717) is 25.7 Å². The number of hydrogen-bond acceptors (Lipinski definition) is 4. The van der Waals surface area contributed by atoms with Gasteiger partial charge in [0.25, 0.3) is 0 Å². The van der Waals surface area contributed by atoms with Crippen molar-refractivity contribution >= 4 is 0 Å². The third kappa shape index (κ3) is 26.5. The summed E-state index contributed by atoms with van der Waals surface area (Å²) >= 11 is 0. The van der Waals surface area contributed by atoms with E-state index in [9.17, 15) is 20.4 Å². The van der Waals surface area contributed by atoms with Crippen molar-refractivity contribution in [2.45, 2.75) is 103 Å². The van der Waals surface area contributed by atoms with Crippen LogP contribution in [0.4, 0.5) is 0 Å². The van der Waals surface area contributed by atoms with E-state index in [1.54, 1.807) is 0 Å². The molecule has 0 aromatic heterocycles. The average molecular weight is 779 g/mol. The molecule has 244 valence electrons. The maximum absolute atomic E-state index is 9.47. The molecule has 45 heavy (non-hydrogen) atoms. The molecule has 0 radical (unpaired) electrons. The first-order valence-corrected chi connectivity index (χ1v) is 15.4. The predicted molar refractivity (Wildman–Crippen MR) is 186 cm³/mol. The van der Waals surface area contributed by atoms with Gasteiger partial charge in [0.1, 0.15) is 0 Å². The molecule has 0 spiro atoms. The van der Waals surface area contributed by atoms with Crippen LogP contribution < -0.4 is 0 Å². The van der Waals surface area contributed by atoms with E-state index in [-0.39, 0.29) is 25.8 Å². The van der Waals surface area contributed by atoms with Gasteiger partial charge in [0.05, 0.1) is 22.4 Å². The summed E-state index contributed by atoms with van der Waals surface area (Å²) in [4.78, 5) is 0. The van der Waals surface area contributed by atoms with E-state index in [4.69, 9.17) is 0 Å². The van der Waals surface area contributed by atoms with E-state index in [1.807, 2.05) is 177 Å². The molecule has 0 saturated heterocycles. The second-order valence-corrected chi connectivity index (χ2v) is 13.9. The van der Waals surface area contributed by atoms with Crippen LogP contribution >= 0.6 is 0 Å². The van der Waals surface area contributed by atoms with E-state index in [0.717, 1.165) is 0 Å². The van der Waals surface area contributed by atoms with Gasteiger partial charge in [-0.2, -0.15) is 0 Å². The van der Waals surface area contributed by atoms with Crippen molar-refractivity contribution in [1.82, 2.24) is 0 Å². The first-order valence-electron chi connectivity index (χ1n) is 15.4. The number of benzene rings is 4. The maximum Gasteiger partial charge on any atom is 0.0631 e. The summed E-state index contributed by atoms with van der Waals surface area (Å²) in [5.41, 5.74) is 2.34. The SMILES string of the molecule is CC(C)(O)Cc1ccccc1.CC(C)(O)Cc1ccccc1.CC(C)(O)Cc1ccccc1.CC(C)(O)Cc1ccccc1.[Hf]. The van der Waals surface area contributed by atoms with Crippen LogP contribution in [0.3, 0.4) is 0 Å². The van der Waals surface area contributed by atoms with Gasteiger partial charge in [0, 0.05) is 51.5 Å². The molecular weight excluding hydrogens is 723 g/mol. The zero-order valence-electron chi connectivity index (χ0n) is 28.7. The van der Waals surface area contributed by atoms with Gasteiger partial charge in [-0.3, -0.25) is 0 Å². The Bertz CT molecular complexity index is 1050. The molecular formula is C40H56HfO4. The minimum atomic E-state index is -0.596. The molecule has 4 nitrogen and oxygen atoms in total. The van der Waals surface area contributed by atoms with Crippen LogP contribution in [0, 0.1) is 0 Å². The molecule has 0 aliphatic heterocycles. The molecule has 4 N–H and O–H groups in total. The first-order chi connectivity index (χ1) is 20.3. The largest absolute Gasteiger partial charge is 0.390 e. The van der Waals surface area contributed by atoms with Crippen LogP contribution in [0.1, 0.15) is 77.6 Å². The molecule has 0 amide bonds. The summed E-state index contributed by atoms with van der Waals surface area (Å²) < 4.78 is 0. The van der Waals surface area contributed by atoms with Crippen LogP contribution in [-0.2, 0) is 51.5 Å². The monoisotopic (exact) mass is 780 g/mol. The molecule has 0 saturated carbocycles. The van der Waals surface area contributed by atoms with Crippen LogP contribution in [0.25, 0.3) is 0 Å². The Hall–Kier alpha value is -2.41. The van der Waals surface area contributed by atoms with Gasteiger partial charge in [-0.15, -0.1) is 0 Å². The molecule has 5 heteroatoms. The van der Waals surface area contributed by atoms with Crippen LogP contribution in [0.5, 0.6) is 0 Å². The summed E-state index contributed by atoms with van der Waals surface area (Å²) in [7, 11) is 0. The van der Waals surface area contributed by atoms with Crippen LogP contribution in [0.15, 0.2) is 121 Å². The smallest absolute Gasteiger partial charge is 0.0631 e. The van der Waals surface area contributed by atoms with E-state index >= 15 is 0 Å². The number of aliphatic hydroxyl groups is 4. The fourth-order valence-corrected chi connectivity index (χ4v) is 4.38. The van der Waals surface area contributed by atoms with Gasteiger partial charge in [0.2, 0.25) is 0 Å². The Morgan fingerprint density at radius 1 is 0.311 bits per heavy atom. The second kappa shape index (κ2) is 20.7. The molecule has 0 bridgehead atoms. The Balaban J connectivity index is 0.000000569. The minimum absolute atomic E-state index is 0. The fourth-order valence-electron chi connectivity index (χ4n) is 4.38. The molecule has 0 heterocycles. The van der Waals surface area contributed by atoms with Crippen molar-refractivity contribution in [2.24, 2.45) is 0 Å². The summed E-state index contributed by atoms with van der Waals surface area (Å²) in [6.07, 6.45) is 2.86. The predicted octanol–water partition coefficient (Wildman–Crippen LogP) is 8.00. The van der Waals surface area contributed by atoms with Crippen molar-refractivity contribution in [2.75, 3.05) is 0 Å². The standard InChI is InChI=1S/4C10H14O.Hf/c4*1-10(2,11)8-9-6-4-3-5-7-9;/h4*3-7,11H,8H2,1-2H3;. The molecule has 0 unspecified atom stereocenters. The fraction of sp³-hybridized carbons (Fsp3) is 0.400. The molecule has 0 aliphatic rings. The summed E-state index contributed by atoms with van der Waals surface area (Å²) in [5.74, 6) is 0. The number of rotatable bonds is 8.